The van der Waals surface area contributed by atoms with Gasteiger partial charge in [0.1, 0.15) is 12.3 Å². The molecular weight excluding hydrogens is 408 g/mol. The molecule has 1 saturated carbocycles. The summed E-state index contributed by atoms with van der Waals surface area (Å²) >= 11 is 1.22. The highest BCUT2D eigenvalue weighted by molar-refractivity contribution is 7.13. The fraction of sp³-hybridized carbons (Fsp3) is 0.400. The molecule has 1 aliphatic rings. The van der Waals surface area contributed by atoms with Crippen LogP contribution in [0.25, 0.3) is 0 Å². The number of hydrogen-bond acceptors (Lipinski definition) is 7. The second-order valence-electron chi connectivity index (χ2n) is 6.72. The van der Waals surface area contributed by atoms with Crippen LogP contribution in [-0.4, -0.2) is 53.9 Å². The van der Waals surface area contributed by atoms with Gasteiger partial charge in [-0.1, -0.05) is 0 Å². The number of nitrogens with zero attached hydrogens (tertiary/aromatic N) is 2. The number of carbonyl (C=O) groups is 3. The summed E-state index contributed by atoms with van der Waals surface area (Å²) in [5.74, 6) is -0.173. The summed E-state index contributed by atoms with van der Waals surface area (Å²) in [5.41, 5.74) is 3.33. The van der Waals surface area contributed by atoms with Gasteiger partial charge in [-0.2, -0.15) is 0 Å². The lowest BCUT2D eigenvalue weighted by Crippen LogP contribution is -2.39. The molecule has 2 aromatic rings. The van der Waals surface area contributed by atoms with Crippen LogP contribution in [0.1, 0.15) is 35.8 Å². The predicted molar refractivity (Wildman–Crippen MR) is 111 cm³/mol. The lowest BCUT2D eigenvalue weighted by atomic mass is 10.2. The van der Waals surface area contributed by atoms with Crippen LogP contribution in [0.3, 0.4) is 0 Å². The summed E-state index contributed by atoms with van der Waals surface area (Å²) in [6.45, 7) is 2.08. The molecule has 1 fully saturated rings. The molecule has 0 bridgehead atoms. The third-order valence-electron chi connectivity index (χ3n) is 4.37. The molecule has 2 N–H and O–H groups in total. The fourth-order valence-corrected chi connectivity index (χ4v) is 3.49. The number of hydroxylamine groups is 1. The first kappa shape index (κ1) is 21.7. The van der Waals surface area contributed by atoms with Gasteiger partial charge in [-0.15, -0.1) is 11.3 Å². The topological polar surface area (TPSA) is 110 Å². The summed E-state index contributed by atoms with van der Waals surface area (Å²) in [5, 5.41) is 4.79. The Morgan fingerprint density at radius 1 is 1.20 bits per heavy atom. The summed E-state index contributed by atoms with van der Waals surface area (Å²) in [6, 6.07) is 6.89. The van der Waals surface area contributed by atoms with Crippen molar-refractivity contribution in [2.75, 3.05) is 25.6 Å². The Morgan fingerprint density at radius 3 is 2.57 bits per heavy atom. The van der Waals surface area contributed by atoms with Crippen molar-refractivity contribution in [2.45, 2.75) is 32.2 Å². The lowest BCUT2D eigenvalue weighted by molar-refractivity contribution is -0.132. The quantitative estimate of drug-likeness (QED) is 0.556. The van der Waals surface area contributed by atoms with E-state index in [1.54, 1.807) is 48.6 Å². The molecule has 3 amide bonds. The molecule has 9 nitrogen and oxygen atoms in total. The zero-order chi connectivity index (χ0) is 21.5. The molecule has 10 heteroatoms. The van der Waals surface area contributed by atoms with Gasteiger partial charge >= 0.3 is 0 Å². The van der Waals surface area contributed by atoms with E-state index in [9.17, 15) is 14.4 Å². The van der Waals surface area contributed by atoms with Crippen LogP contribution >= 0.6 is 11.3 Å². The number of amides is 3. The summed E-state index contributed by atoms with van der Waals surface area (Å²) in [7, 11) is 1.56. The molecule has 0 atom stereocenters. The molecule has 1 aliphatic carbocycles. The van der Waals surface area contributed by atoms with E-state index in [1.807, 2.05) is 0 Å². The first-order chi connectivity index (χ1) is 14.5. The Balaban J connectivity index is 1.57. The molecule has 1 heterocycles. The van der Waals surface area contributed by atoms with E-state index >= 15 is 0 Å². The number of benzene rings is 1. The molecule has 3 rings (SSSR count). The molecule has 30 heavy (non-hydrogen) atoms. The first-order valence-electron chi connectivity index (χ1n) is 9.60. The van der Waals surface area contributed by atoms with Crippen LogP contribution in [-0.2, 0) is 20.8 Å². The summed E-state index contributed by atoms with van der Waals surface area (Å²) in [6.07, 6.45) is 1.81. The third kappa shape index (κ3) is 6.01. The molecule has 160 valence electrons. The van der Waals surface area contributed by atoms with Gasteiger partial charge in [0.25, 0.3) is 5.91 Å². The highest BCUT2D eigenvalue weighted by Crippen LogP contribution is 2.28. The van der Waals surface area contributed by atoms with E-state index in [4.69, 9.17) is 9.57 Å². The van der Waals surface area contributed by atoms with Crippen molar-refractivity contribution in [1.82, 2.24) is 15.4 Å². The van der Waals surface area contributed by atoms with Crippen molar-refractivity contribution in [3.05, 3.63) is 40.9 Å². The van der Waals surface area contributed by atoms with Gasteiger partial charge < -0.3 is 15.0 Å². The third-order valence-corrected chi connectivity index (χ3v) is 5.18. The van der Waals surface area contributed by atoms with E-state index in [0.717, 1.165) is 12.8 Å². The van der Waals surface area contributed by atoms with Crippen LogP contribution in [0.5, 0.6) is 5.75 Å². The number of aromatic nitrogens is 1. The van der Waals surface area contributed by atoms with Crippen LogP contribution in [0.15, 0.2) is 29.6 Å². The Bertz CT molecular complexity index is 895. The van der Waals surface area contributed by atoms with E-state index < -0.39 is 0 Å². The largest absolute Gasteiger partial charge is 0.497 e. The number of anilines is 1. The Hall–Kier alpha value is -2.98. The minimum absolute atomic E-state index is 0.0521. The summed E-state index contributed by atoms with van der Waals surface area (Å²) in [4.78, 5) is 47.7. The van der Waals surface area contributed by atoms with Gasteiger partial charge in [0.15, 0.2) is 5.13 Å². The van der Waals surface area contributed by atoms with E-state index in [0.29, 0.717) is 28.7 Å². The number of rotatable bonds is 10. The van der Waals surface area contributed by atoms with Gasteiger partial charge in [-0.3, -0.25) is 19.2 Å². The van der Waals surface area contributed by atoms with E-state index in [2.05, 4.69) is 15.8 Å². The monoisotopic (exact) mass is 432 g/mol. The maximum absolute atomic E-state index is 12.9. The van der Waals surface area contributed by atoms with Crippen molar-refractivity contribution < 1.29 is 24.0 Å². The highest BCUT2D eigenvalue weighted by atomic mass is 32.1. The molecule has 1 aromatic heterocycles. The maximum atomic E-state index is 12.9. The SMILES string of the molecule is CCONC(=O)Cc1csc(NC(=O)CN(C(=O)c2ccc(OC)cc2)C2CC2)n1. The molecule has 0 aliphatic heterocycles. The number of nitrogens with one attached hydrogen (secondary N) is 2. The van der Waals surface area contributed by atoms with Gasteiger partial charge in [-0.05, 0) is 44.0 Å². The van der Waals surface area contributed by atoms with Gasteiger partial charge in [0.2, 0.25) is 11.8 Å². The molecule has 0 saturated heterocycles. The molecule has 0 radical (unpaired) electrons. The van der Waals surface area contributed by atoms with Crippen molar-refractivity contribution >= 4 is 34.2 Å². The number of methoxy groups -OCH3 is 1. The minimum Gasteiger partial charge on any atom is -0.497 e. The average Bonchev–Trinajstić information content (AvgIpc) is 3.50. The fourth-order valence-electron chi connectivity index (χ4n) is 2.76. The van der Waals surface area contributed by atoms with Gasteiger partial charge in [0.05, 0.1) is 25.8 Å². The molecule has 1 aromatic carbocycles. The number of thiazole rings is 1. The van der Waals surface area contributed by atoms with Crippen molar-refractivity contribution in [2.24, 2.45) is 0 Å². The predicted octanol–water partition coefficient (Wildman–Crippen LogP) is 2.01. The second kappa shape index (κ2) is 10.2. The first-order valence-corrected chi connectivity index (χ1v) is 10.5. The average molecular weight is 433 g/mol. The maximum Gasteiger partial charge on any atom is 0.254 e. The minimum atomic E-state index is -0.330. The molecule has 0 spiro atoms. The Labute approximate surface area is 178 Å². The zero-order valence-electron chi connectivity index (χ0n) is 16.8. The van der Waals surface area contributed by atoms with Crippen molar-refractivity contribution in [3.8, 4) is 5.75 Å². The van der Waals surface area contributed by atoms with Crippen LogP contribution in [0, 0.1) is 0 Å². The number of hydrogen-bond donors (Lipinski definition) is 2. The van der Waals surface area contributed by atoms with E-state index in [-0.39, 0.29) is 36.7 Å². The summed E-state index contributed by atoms with van der Waals surface area (Å²) < 4.78 is 5.12. The van der Waals surface area contributed by atoms with E-state index in [1.165, 1.54) is 11.3 Å². The van der Waals surface area contributed by atoms with Crippen LogP contribution < -0.4 is 15.5 Å². The van der Waals surface area contributed by atoms with Crippen molar-refractivity contribution in [1.29, 1.82) is 0 Å². The van der Waals surface area contributed by atoms with Gasteiger partial charge in [-0.25, -0.2) is 10.5 Å². The smallest absolute Gasteiger partial charge is 0.254 e. The van der Waals surface area contributed by atoms with Crippen molar-refractivity contribution in [3.63, 3.8) is 0 Å². The Morgan fingerprint density at radius 2 is 1.93 bits per heavy atom. The number of carbonyl (C=O) groups excluding carboxylic acids is 3. The lowest BCUT2D eigenvalue weighted by Gasteiger charge is -2.21. The Kier molecular flexibility index (Phi) is 7.36. The standard InChI is InChI=1S/C20H24N4O5S/c1-3-29-23-17(25)10-14-12-30-20(21-14)22-18(26)11-24(15-6-7-15)19(27)13-4-8-16(28-2)9-5-13/h4-5,8-9,12,15H,3,6-7,10-11H2,1-2H3,(H,23,25)(H,21,22,26). The molecule has 0 unspecified atom stereocenters. The highest BCUT2D eigenvalue weighted by Gasteiger charge is 2.34. The van der Waals surface area contributed by atoms with Gasteiger partial charge in [0, 0.05) is 17.0 Å². The van der Waals surface area contributed by atoms with Crippen LogP contribution in [0.4, 0.5) is 5.13 Å². The number of ether oxygens (including phenoxy) is 1. The second-order valence-corrected chi connectivity index (χ2v) is 7.58. The molecular formula is C20H24N4O5S. The normalized spacial score (nSPS) is 12.9. The van der Waals surface area contributed by atoms with Crippen LogP contribution in [0.2, 0.25) is 0 Å². The zero-order valence-corrected chi connectivity index (χ0v) is 17.7.